The summed E-state index contributed by atoms with van der Waals surface area (Å²) in [6, 6.07) is 1.77. The topological polar surface area (TPSA) is 31.4 Å². The summed E-state index contributed by atoms with van der Waals surface area (Å²) < 4.78 is 14.6. The molecule has 1 aromatic rings. The van der Waals surface area contributed by atoms with Crippen LogP contribution in [-0.2, 0) is 6.54 Å². The average Bonchev–Trinajstić information content (AvgIpc) is 2.49. The number of hydrogen-bond donors (Lipinski definition) is 1. The second kappa shape index (κ2) is 7.71. The molecule has 0 radical (unpaired) electrons. The Balaban J connectivity index is 2.00. The molecule has 0 aromatic carbocycles. The lowest BCUT2D eigenvalue weighted by atomic mass is 10.2. The first-order chi connectivity index (χ1) is 10.1. The molecule has 118 valence electrons. The number of rotatable bonds is 6. The zero-order valence-electron chi connectivity index (χ0n) is 13.4. The van der Waals surface area contributed by atoms with Crippen LogP contribution in [0.2, 0.25) is 0 Å². The Bertz CT molecular complexity index is 442. The highest BCUT2D eigenvalue weighted by Gasteiger charge is 2.20. The van der Waals surface area contributed by atoms with Crippen LogP contribution in [0.4, 0.5) is 10.2 Å². The molecule has 21 heavy (non-hydrogen) atoms. The molecule has 0 bridgehead atoms. The second-order valence-electron chi connectivity index (χ2n) is 6.05. The van der Waals surface area contributed by atoms with Crippen molar-refractivity contribution < 1.29 is 4.39 Å². The van der Waals surface area contributed by atoms with Crippen LogP contribution in [0.5, 0.6) is 0 Å². The molecule has 1 N–H and O–H groups in total. The fourth-order valence-corrected chi connectivity index (χ4v) is 2.60. The van der Waals surface area contributed by atoms with E-state index < -0.39 is 0 Å². The number of likely N-dealkylation sites (N-methyl/N-ethyl adjacent to an activating group) is 1. The van der Waals surface area contributed by atoms with E-state index >= 15 is 0 Å². The number of halogens is 1. The first-order valence-corrected chi connectivity index (χ1v) is 7.93. The van der Waals surface area contributed by atoms with Gasteiger partial charge in [0.2, 0.25) is 0 Å². The lowest BCUT2D eigenvalue weighted by Gasteiger charge is -2.35. The van der Waals surface area contributed by atoms with E-state index in [1.165, 1.54) is 0 Å². The van der Waals surface area contributed by atoms with Gasteiger partial charge < -0.3 is 15.1 Å². The van der Waals surface area contributed by atoms with E-state index in [0.29, 0.717) is 23.8 Å². The average molecular weight is 294 g/mol. The quantitative estimate of drug-likeness (QED) is 0.871. The fraction of sp³-hybridized carbons (Fsp3) is 0.688. The Labute approximate surface area is 127 Å². The minimum Gasteiger partial charge on any atom is -0.352 e. The van der Waals surface area contributed by atoms with Gasteiger partial charge in [0.25, 0.3) is 0 Å². The molecular formula is C16H27FN4. The standard InChI is InChI=1S/C16H27FN4/c1-4-20-7-9-21(10-8-20)16-15(17)14(5-6-19-16)12-18-11-13(2)3/h5-6,13,18H,4,7-12H2,1-3H3. The SMILES string of the molecule is CCN1CCN(c2nccc(CNCC(C)C)c2F)CC1. The van der Waals surface area contributed by atoms with Gasteiger partial charge in [0.1, 0.15) is 0 Å². The molecule has 1 aliphatic heterocycles. The summed E-state index contributed by atoms with van der Waals surface area (Å²) in [4.78, 5) is 8.70. The molecule has 2 rings (SSSR count). The molecule has 5 heteroatoms. The van der Waals surface area contributed by atoms with Crippen molar-refractivity contribution in [3.05, 3.63) is 23.6 Å². The van der Waals surface area contributed by atoms with Crippen LogP contribution in [0.25, 0.3) is 0 Å². The molecule has 0 aliphatic carbocycles. The molecule has 1 fully saturated rings. The van der Waals surface area contributed by atoms with Gasteiger partial charge in [0.05, 0.1) is 0 Å². The van der Waals surface area contributed by atoms with E-state index in [9.17, 15) is 4.39 Å². The van der Waals surface area contributed by atoms with Crippen molar-refractivity contribution in [2.75, 3.05) is 44.2 Å². The van der Waals surface area contributed by atoms with E-state index in [0.717, 1.165) is 39.3 Å². The van der Waals surface area contributed by atoms with Gasteiger partial charge in [0, 0.05) is 44.5 Å². The van der Waals surface area contributed by atoms with Gasteiger partial charge in [-0.05, 0) is 25.1 Å². The van der Waals surface area contributed by atoms with Crippen molar-refractivity contribution in [3.63, 3.8) is 0 Å². The molecule has 1 aliphatic rings. The maximum atomic E-state index is 14.6. The fourth-order valence-electron chi connectivity index (χ4n) is 2.60. The number of aromatic nitrogens is 1. The molecule has 0 unspecified atom stereocenters. The van der Waals surface area contributed by atoms with Crippen molar-refractivity contribution in [1.82, 2.24) is 15.2 Å². The molecule has 4 nitrogen and oxygen atoms in total. The van der Waals surface area contributed by atoms with Crippen molar-refractivity contribution in [2.45, 2.75) is 27.3 Å². The normalized spacial score (nSPS) is 16.7. The summed E-state index contributed by atoms with van der Waals surface area (Å²) >= 11 is 0. The molecule has 1 aromatic heterocycles. The van der Waals surface area contributed by atoms with Crippen molar-refractivity contribution >= 4 is 5.82 Å². The third kappa shape index (κ3) is 4.38. The van der Waals surface area contributed by atoms with Crippen molar-refractivity contribution in [2.24, 2.45) is 5.92 Å². The molecule has 0 atom stereocenters. The van der Waals surface area contributed by atoms with Crippen LogP contribution < -0.4 is 10.2 Å². The predicted molar refractivity (Wildman–Crippen MR) is 85.1 cm³/mol. The van der Waals surface area contributed by atoms with E-state index in [2.05, 4.69) is 40.9 Å². The monoisotopic (exact) mass is 294 g/mol. The maximum absolute atomic E-state index is 14.6. The van der Waals surface area contributed by atoms with Crippen molar-refractivity contribution in [3.8, 4) is 0 Å². The predicted octanol–water partition coefficient (Wildman–Crippen LogP) is 2.11. The molecule has 0 saturated carbocycles. The lowest BCUT2D eigenvalue weighted by molar-refractivity contribution is 0.269. The Morgan fingerprint density at radius 2 is 2.00 bits per heavy atom. The third-order valence-corrected chi connectivity index (χ3v) is 3.94. The third-order valence-electron chi connectivity index (χ3n) is 3.94. The summed E-state index contributed by atoms with van der Waals surface area (Å²) in [5.41, 5.74) is 0.707. The smallest absolute Gasteiger partial charge is 0.170 e. The molecule has 1 saturated heterocycles. The van der Waals surface area contributed by atoms with Crippen LogP contribution in [0.1, 0.15) is 26.3 Å². The Kier molecular flexibility index (Phi) is 5.94. The summed E-state index contributed by atoms with van der Waals surface area (Å²) in [6.45, 7) is 12.6. The minimum atomic E-state index is -0.168. The number of nitrogens with one attached hydrogen (secondary N) is 1. The van der Waals surface area contributed by atoms with Gasteiger partial charge in [-0.2, -0.15) is 0 Å². The first-order valence-electron chi connectivity index (χ1n) is 7.93. The van der Waals surface area contributed by atoms with E-state index in [-0.39, 0.29) is 5.82 Å². The summed E-state index contributed by atoms with van der Waals surface area (Å²) in [5, 5.41) is 3.29. The van der Waals surface area contributed by atoms with Gasteiger partial charge in [-0.1, -0.05) is 20.8 Å². The molecule has 0 amide bonds. The summed E-state index contributed by atoms with van der Waals surface area (Å²) in [5.74, 6) is 0.907. The number of piperazine rings is 1. The van der Waals surface area contributed by atoms with Gasteiger partial charge in [-0.3, -0.25) is 0 Å². The van der Waals surface area contributed by atoms with Gasteiger partial charge >= 0.3 is 0 Å². The van der Waals surface area contributed by atoms with Gasteiger partial charge in [-0.25, -0.2) is 9.37 Å². The summed E-state index contributed by atoms with van der Waals surface area (Å²) in [6.07, 6.45) is 1.72. The molecule has 0 spiro atoms. The lowest BCUT2D eigenvalue weighted by Crippen LogP contribution is -2.46. The highest BCUT2D eigenvalue weighted by molar-refractivity contribution is 5.43. The van der Waals surface area contributed by atoms with E-state index in [4.69, 9.17) is 0 Å². The van der Waals surface area contributed by atoms with Crippen LogP contribution in [0.3, 0.4) is 0 Å². The largest absolute Gasteiger partial charge is 0.352 e. The van der Waals surface area contributed by atoms with Gasteiger partial charge in [0.15, 0.2) is 11.6 Å². The zero-order valence-corrected chi connectivity index (χ0v) is 13.4. The van der Waals surface area contributed by atoms with Crippen LogP contribution in [-0.4, -0.2) is 49.2 Å². The van der Waals surface area contributed by atoms with Crippen LogP contribution in [0, 0.1) is 11.7 Å². The Morgan fingerprint density at radius 1 is 1.29 bits per heavy atom. The Morgan fingerprint density at radius 3 is 2.62 bits per heavy atom. The van der Waals surface area contributed by atoms with Crippen LogP contribution >= 0.6 is 0 Å². The number of hydrogen-bond acceptors (Lipinski definition) is 4. The zero-order chi connectivity index (χ0) is 15.2. The van der Waals surface area contributed by atoms with Crippen molar-refractivity contribution in [1.29, 1.82) is 0 Å². The number of anilines is 1. The maximum Gasteiger partial charge on any atom is 0.170 e. The van der Waals surface area contributed by atoms with Gasteiger partial charge in [-0.15, -0.1) is 0 Å². The van der Waals surface area contributed by atoms with Crippen LogP contribution in [0.15, 0.2) is 12.3 Å². The summed E-state index contributed by atoms with van der Waals surface area (Å²) in [7, 11) is 0. The molecule has 2 heterocycles. The van der Waals surface area contributed by atoms with E-state index in [1.54, 1.807) is 12.3 Å². The minimum absolute atomic E-state index is 0.168. The molecular weight excluding hydrogens is 267 g/mol. The number of nitrogens with zero attached hydrogens (tertiary/aromatic N) is 3. The van der Waals surface area contributed by atoms with E-state index in [1.807, 2.05) is 0 Å². The highest BCUT2D eigenvalue weighted by Crippen LogP contribution is 2.20. The highest BCUT2D eigenvalue weighted by atomic mass is 19.1. The first kappa shape index (κ1) is 16.2. The Hall–Kier alpha value is -1.20. The second-order valence-corrected chi connectivity index (χ2v) is 6.05. The number of pyridine rings is 1.